The number of halogens is 2. The zero-order chi connectivity index (χ0) is 19.7. The van der Waals surface area contributed by atoms with Gasteiger partial charge in [0.05, 0.1) is 6.54 Å². The zero-order valence-electron chi connectivity index (χ0n) is 15.8. The normalized spacial score (nSPS) is 11.6. The van der Waals surface area contributed by atoms with Crippen LogP contribution in [0.5, 0.6) is 0 Å². The van der Waals surface area contributed by atoms with Crippen molar-refractivity contribution in [1.29, 1.82) is 0 Å². The van der Waals surface area contributed by atoms with Gasteiger partial charge in [0.2, 0.25) is 10.0 Å². The molecule has 0 fully saturated rings. The van der Waals surface area contributed by atoms with Gasteiger partial charge in [-0.05, 0) is 36.8 Å². The van der Waals surface area contributed by atoms with Crippen LogP contribution in [-0.2, 0) is 16.6 Å². The van der Waals surface area contributed by atoms with Crippen LogP contribution in [-0.4, -0.2) is 50.9 Å². The molecule has 2 rings (SSSR count). The largest absolute Gasteiger partial charge is 0.357 e. The summed E-state index contributed by atoms with van der Waals surface area (Å²) in [6.45, 7) is 3.86. The average Bonchev–Trinajstić information content (AvgIpc) is 2.66. The molecule has 28 heavy (non-hydrogen) atoms. The molecule has 0 spiro atoms. The highest BCUT2D eigenvalue weighted by Crippen LogP contribution is 2.11. The summed E-state index contributed by atoms with van der Waals surface area (Å²) in [5, 5.41) is 3.90. The van der Waals surface area contributed by atoms with E-state index < -0.39 is 10.0 Å². The molecular weight excluding hydrogens is 513 g/mol. The maximum Gasteiger partial charge on any atom is 0.242 e. The lowest BCUT2D eigenvalue weighted by Crippen LogP contribution is -2.39. The Hall–Kier alpha value is -1.43. The highest BCUT2D eigenvalue weighted by Gasteiger charge is 2.13. The van der Waals surface area contributed by atoms with E-state index in [2.05, 4.69) is 20.0 Å². The fourth-order valence-electron chi connectivity index (χ4n) is 2.34. The zero-order valence-corrected chi connectivity index (χ0v) is 19.7. The number of aromatic nitrogens is 1. The number of nitrogens with one attached hydrogen (secondary N) is 2. The van der Waals surface area contributed by atoms with Gasteiger partial charge in [-0.1, -0.05) is 23.7 Å². The molecule has 0 unspecified atom stereocenters. The van der Waals surface area contributed by atoms with Crippen LogP contribution in [0.15, 0.2) is 58.7 Å². The first-order chi connectivity index (χ1) is 12.9. The maximum atomic E-state index is 12.2. The number of nitrogens with zero attached hydrogens (tertiary/aromatic N) is 3. The van der Waals surface area contributed by atoms with Crippen molar-refractivity contribution >= 4 is 51.6 Å². The molecule has 0 aliphatic rings. The average molecular weight is 538 g/mol. The van der Waals surface area contributed by atoms with Crippen LogP contribution in [0.4, 0.5) is 0 Å². The van der Waals surface area contributed by atoms with Crippen molar-refractivity contribution in [2.24, 2.45) is 4.99 Å². The van der Waals surface area contributed by atoms with Gasteiger partial charge in [0, 0.05) is 44.1 Å². The Morgan fingerprint density at radius 3 is 2.57 bits per heavy atom. The van der Waals surface area contributed by atoms with Gasteiger partial charge in [-0.25, -0.2) is 13.1 Å². The van der Waals surface area contributed by atoms with Gasteiger partial charge in [-0.3, -0.25) is 9.98 Å². The van der Waals surface area contributed by atoms with E-state index in [-0.39, 0.29) is 35.4 Å². The maximum absolute atomic E-state index is 12.2. The quantitative estimate of drug-likeness (QED) is 0.234. The smallest absolute Gasteiger partial charge is 0.242 e. The number of pyridine rings is 1. The van der Waals surface area contributed by atoms with Gasteiger partial charge in [-0.2, -0.15) is 0 Å². The molecule has 2 aromatic rings. The summed E-state index contributed by atoms with van der Waals surface area (Å²) < 4.78 is 26.9. The minimum absolute atomic E-state index is 0. The molecule has 154 valence electrons. The molecule has 0 saturated heterocycles. The predicted molar refractivity (Wildman–Crippen MR) is 124 cm³/mol. The van der Waals surface area contributed by atoms with Crippen molar-refractivity contribution in [3.05, 3.63) is 59.4 Å². The first-order valence-electron chi connectivity index (χ1n) is 8.56. The Morgan fingerprint density at radius 2 is 1.96 bits per heavy atom. The van der Waals surface area contributed by atoms with Crippen LogP contribution in [0.25, 0.3) is 0 Å². The number of hydrogen-bond acceptors (Lipinski definition) is 4. The highest BCUT2D eigenvalue weighted by atomic mass is 127. The SMILES string of the molecule is CCNC(=NCCNS(=O)(=O)c1cccnc1)N(C)Cc1ccc(Cl)cc1.I. The van der Waals surface area contributed by atoms with Crippen LogP contribution in [0.1, 0.15) is 12.5 Å². The van der Waals surface area contributed by atoms with Gasteiger partial charge in [0.1, 0.15) is 4.90 Å². The summed E-state index contributed by atoms with van der Waals surface area (Å²) in [7, 11) is -1.65. The first kappa shape index (κ1) is 24.6. The summed E-state index contributed by atoms with van der Waals surface area (Å²) in [5.41, 5.74) is 1.10. The number of sulfonamides is 1. The Bertz CT molecular complexity index is 848. The molecule has 0 aliphatic carbocycles. The summed E-state index contributed by atoms with van der Waals surface area (Å²) in [6, 6.07) is 10.7. The van der Waals surface area contributed by atoms with Crippen molar-refractivity contribution in [3.8, 4) is 0 Å². The lowest BCUT2D eigenvalue weighted by Gasteiger charge is -2.22. The third kappa shape index (κ3) is 7.90. The summed E-state index contributed by atoms with van der Waals surface area (Å²) in [6.07, 6.45) is 2.85. The molecule has 0 bridgehead atoms. The van der Waals surface area contributed by atoms with Crippen LogP contribution >= 0.6 is 35.6 Å². The highest BCUT2D eigenvalue weighted by molar-refractivity contribution is 14.0. The summed E-state index contributed by atoms with van der Waals surface area (Å²) >= 11 is 5.92. The van der Waals surface area contributed by atoms with E-state index >= 15 is 0 Å². The van der Waals surface area contributed by atoms with E-state index in [9.17, 15) is 8.42 Å². The lowest BCUT2D eigenvalue weighted by atomic mass is 10.2. The van der Waals surface area contributed by atoms with Gasteiger partial charge >= 0.3 is 0 Å². The van der Waals surface area contributed by atoms with Crippen LogP contribution in [0, 0.1) is 0 Å². The molecule has 7 nitrogen and oxygen atoms in total. The van der Waals surface area contributed by atoms with Crippen molar-refractivity contribution in [2.75, 3.05) is 26.7 Å². The second-order valence-electron chi connectivity index (χ2n) is 5.80. The molecule has 2 N–H and O–H groups in total. The molecule has 10 heteroatoms. The monoisotopic (exact) mass is 537 g/mol. The standard InChI is InChI=1S/C18H24ClN5O2S.HI/c1-3-21-18(24(2)14-15-6-8-16(19)9-7-15)22-11-12-23-27(25,26)17-5-4-10-20-13-17;/h4-10,13,23H,3,11-12,14H2,1-2H3,(H,21,22);1H. The van der Waals surface area contributed by atoms with E-state index in [1.807, 2.05) is 43.1 Å². The first-order valence-corrected chi connectivity index (χ1v) is 10.4. The van der Waals surface area contributed by atoms with E-state index in [1.165, 1.54) is 18.5 Å². The molecule has 0 radical (unpaired) electrons. The molecule has 1 aromatic carbocycles. The Balaban J connectivity index is 0.00000392. The minimum atomic E-state index is -3.57. The predicted octanol–water partition coefficient (Wildman–Crippen LogP) is 2.73. The van der Waals surface area contributed by atoms with Crippen molar-refractivity contribution < 1.29 is 8.42 Å². The molecule has 0 aliphatic heterocycles. The molecular formula is C18H25ClIN5O2S. The number of guanidine groups is 1. The fraction of sp³-hybridized carbons (Fsp3) is 0.333. The second-order valence-corrected chi connectivity index (χ2v) is 8.01. The Kier molecular flexibility index (Phi) is 10.7. The lowest BCUT2D eigenvalue weighted by molar-refractivity contribution is 0.477. The second kappa shape index (κ2) is 12.2. The molecule has 0 saturated carbocycles. The number of aliphatic imine (C=N–C) groups is 1. The van der Waals surface area contributed by atoms with Crippen molar-refractivity contribution in [2.45, 2.75) is 18.4 Å². The van der Waals surface area contributed by atoms with Gasteiger partial charge in [-0.15, -0.1) is 24.0 Å². The topological polar surface area (TPSA) is 86.7 Å². The third-order valence-electron chi connectivity index (χ3n) is 3.64. The molecule has 1 aromatic heterocycles. The van der Waals surface area contributed by atoms with E-state index in [0.717, 1.165) is 5.56 Å². The molecule has 1 heterocycles. The number of rotatable bonds is 8. The fourth-order valence-corrected chi connectivity index (χ4v) is 3.45. The van der Waals surface area contributed by atoms with Crippen molar-refractivity contribution in [1.82, 2.24) is 19.9 Å². The van der Waals surface area contributed by atoms with E-state index in [0.29, 0.717) is 30.6 Å². The number of benzene rings is 1. The van der Waals surface area contributed by atoms with Crippen LogP contribution in [0.3, 0.4) is 0 Å². The van der Waals surface area contributed by atoms with E-state index in [1.54, 1.807) is 6.07 Å². The number of hydrogen-bond donors (Lipinski definition) is 2. The third-order valence-corrected chi connectivity index (χ3v) is 5.34. The minimum Gasteiger partial charge on any atom is -0.357 e. The van der Waals surface area contributed by atoms with Crippen LogP contribution in [0.2, 0.25) is 5.02 Å². The summed E-state index contributed by atoms with van der Waals surface area (Å²) in [5.74, 6) is 0.702. The van der Waals surface area contributed by atoms with E-state index in [4.69, 9.17) is 11.6 Å². The molecule has 0 amide bonds. The van der Waals surface area contributed by atoms with Crippen LogP contribution < -0.4 is 10.0 Å². The summed E-state index contributed by atoms with van der Waals surface area (Å²) in [4.78, 5) is 10.4. The van der Waals surface area contributed by atoms with Crippen molar-refractivity contribution in [3.63, 3.8) is 0 Å². The van der Waals surface area contributed by atoms with Gasteiger partial charge < -0.3 is 10.2 Å². The molecule has 0 atom stereocenters. The Morgan fingerprint density at radius 1 is 1.25 bits per heavy atom. The van der Waals surface area contributed by atoms with Gasteiger partial charge in [0.15, 0.2) is 5.96 Å². The Labute approximate surface area is 188 Å². The van der Waals surface area contributed by atoms with Gasteiger partial charge in [0.25, 0.3) is 0 Å².